The van der Waals surface area contributed by atoms with E-state index in [4.69, 9.17) is 9.92 Å². The molecule has 14 heavy (non-hydrogen) atoms. The van der Waals surface area contributed by atoms with Gasteiger partial charge in [0.2, 0.25) is 0 Å². The van der Waals surface area contributed by atoms with Gasteiger partial charge in [0, 0.05) is 4.88 Å². The Morgan fingerprint density at radius 1 is 1.64 bits per heavy atom. The van der Waals surface area contributed by atoms with Crippen LogP contribution in [0.1, 0.15) is 24.3 Å². The van der Waals surface area contributed by atoms with E-state index in [1.807, 2.05) is 6.92 Å². The highest BCUT2D eigenvalue weighted by molar-refractivity contribution is 7.92. The molecular formula is C8H14N2O2S2. The first-order valence-corrected chi connectivity index (χ1v) is 6.46. The zero-order valence-electron chi connectivity index (χ0n) is 8.33. The molecule has 0 bridgehead atoms. The van der Waals surface area contributed by atoms with Gasteiger partial charge in [0.05, 0.1) is 5.60 Å². The van der Waals surface area contributed by atoms with Gasteiger partial charge in [-0.2, -0.15) is 0 Å². The van der Waals surface area contributed by atoms with Gasteiger partial charge in [-0.25, -0.2) is 14.1 Å². The van der Waals surface area contributed by atoms with E-state index in [9.17, 15) is 9.32 Å². The minimum Gasteiger partial charge on any atom is -0.386 e. The second-order valence-electron chi connectivity index (χ2n) is 3.69. The van der Waals surface area contributed by atoms with Crippen molar-refractivity contribution in [3.8, 4) is 0 Å². The highest BCUT2D eigenvalue weighted by atomic mass is 32.2. The van der Waals surface area contributed by atoms with Crippen LogP contribution in [0.5, 0.6) is 0 Å². The second-order valence-corrected chi connectivity index (χ2v) is 6.85. The van der Waals surface area contributed by atoms with Gasteiger partial charge in [-0.15, -0.1) is 11.3 Å². The van der Waals surface area contributed by atoms with Crippen LogP contribution in [-0.2, 0) is 15.5 Å². The SMILES string of the molecule is Cc1sc(S(=N)(N)=O)cc1C(C)(C)O. The molecule has 1 rings (SSSR count). The molecule has 0 fully saturated rings. The topological polar surface area (TPSA) is 87.2 Å². The summed E-state index contributed by atoms with van der Waals surface area (Å²) in [6.45, 7) is 5.11. The van der Waals surface area contributed by atoms with Crippen molar-refractivity contribution in [1.29, 1.82) is 4.78 Å². The largest absolute Gasteiger partial charge is 0.386 e. The summed E-state index contributed by atoms with van der Waals surface area (Å²) in [5, 5.41) is 15.0. The highest BCUT2D eigenvalue weighted by Gasteiger charge is 2.22. The van der Waals surface area contributed by atoms with Crippen molar-refractivity contribution in [2.24, 2.45) is 5.14 Å². The molecule has 1 heterocycles. The summed E-state index contributed by atoms with van der Waals surface area (Å²) in [4.78, 5) is 0.845. The lowest BCUT2D eigenvalue weighted by Crippen LogP contribution is -2.15. The first-order chi connectivity index (χ1) is 6.12. The van der Waals surface area contributed by atoms with Crippen LogP contribution in [0.25, 0.3) is 0 Å². The number of aliphatic hydroxyl groups is 1. The fraction of sp³-hybridized carbons (Fsp3) is 0.500. The molecule has 4 N–H and O–H groups in total. The van der Waals surface area contributed by atoms with Crippen molar-refractivity contribution < 1.29 is 9.32 Å². The van der Waals surface area contributed by atoms with Gasteiger partial charge in [-0.3, -0.25) is 0 Å². The van der Waals surface area contributed by atoms with Gasteiger partial charge in [-0.1, -0.05) is 0 Å². The van der Waals surface area contributed by atoms with E-state index in [-0.39, 0.29) is 0 Å². The molecule has 1 atom stereocenters. The first kappa shape index (κ1) is 11.6. The van der Waals surface area contributed by atoms with Crippen LogP contribution in [0.15, 0.2) is 10.3 Å². The third-order valence-electron chi connectivity index (χ3n) is 1.85. The number of nitrogens with two attached hydrogens (primary N) is 1. The molecule has 4 nitrogen and oxygen atoms in total. The molecule has 1 aromatic rings. The molecule has 80 valence electrons. The van der Waals surface area contributed by atoms with Crippen LogP contribution >= 0.6 is 11.3 Å². The average molecular weight is 234 g/mol. The molecule has 0 aromatic carbocycles. The third kappa shape index (κ3) is 2.33. The van der Waals surface area contributed by atoms with E-state index in [1.165, 1.54) is 11.3 Å². The van der Waals surface area contributed by atoms with Crippen LogP contribution in [0.4, 0.5) is 0 Å². The lowest BCUT2D eigenvalue weighted by molar-refractivity contribution is 0.0783. The zero-order valence-corrected chi connectivity index (χ0v) is 9.96. The quantitative estimate of drug-likeness (QED) is 0.725. The van der Waals surface area contributed by atoms with Crippen LogP contribution in [0.2, 0.25) is 0 Å². The Balaban J connectivity index is 3.33. The standard InChI is InChI=1S/C8H14N2O2S2/c1-5-6(8(2,3)11)4-7(13-5)14(9,10)12/h4,11H,1-3H3,(H3,9,10,12). The lowest BCUT2D eigenvalue weighted by atomic mass is 10.00. The van der Waals surface area contributed by atoms with Gasteiger partial charge in [0.25, 0.3) is 0 Å². The average Bonchev–Trinajstić information content (AvgIpc) is 2.27. The van der Waals surface area contributed by atoms with E-state index in [1.54, 1.807) is 19.9 Å². The predicted octanol–water partition coefficient (Wildman–Crippen LogP) is 1.56. The number of nitrogens with one attached hydrogen (secondary N) is 1. The van der Waals surface area contributed by atoms with Crippen LogP contribution in [0.3, 0.4) is 0 Å². The summed E-state index contributed by atoms with van der Waals surface area (Å²) in [5.74, 6) is 0. The molecule has 6 heteroatoms. The Kier molecular flexibility index (Phi) is 2.75. The molecule has 0 saturated carbocycles. The maximum atomic E-state index is 11.3. The normalized spacial score (nSPS) is 16.6. The molecule has 0 amide bonds. The molecule has 1 unspecified atom stereocenters. The van der Waals surface area contributed by atoms with Gasteiger partial charge in [0.15, 0.2) is 0 Å². The van der Waals surface area contributed by atoms with Crippen molar-refractivity contribution in [3.63, 3.8) is 0 Å². The molecule has 0 aliphatic heterocycles. The van der Waals surface area contributed by atoms with Crippen LogP contribution in [-0.4, -0.2) is 9.32 Å². The number of hydrogen-bond acceptors (Lipinski definition) is 4. The second kappa shape index (κ2) is 3.30. The Morgan fingerprint density at radius 3 is 2.36 bits per heavy atom. The predicted molar refractivity (Wildman–Crippen MR) is 57.6 cm³/mol. The van der Waals surface area contributed by atoms with Gasteiger partial charge in [0.1, 0.15) is 14.1 Å². The molecule has 0 aliphatic carbocycles. The summed E-state index contributed by atoms with van der Waals surface area (Å²) in [7, 11) is -3.16. The Hall–Kier alpha value is -0.430. The fourth-order valence-electron chi connectivity index (χ4n) is 1.21. The molecule has 0 aliphatic rings. The van der Waals surface area contributed by atoms with E-state index < -0.39 is 15.5 Å². The van der Waals surface area contributed by atoms with Crippen LogP contribution in [0, 0.1) is 11.7 Å². The van der Waals surface area contributed by atoms with Crippen molar-refractivity contribution in [3.05, 3.63) is 16.5 Å². The summed E-state index contributed by atoms with van der Waals surface area (Å²) in [6.07, 6.45) is 0. The Labute approximate surface area is 87.9 Å². The maximum Gasteiger partial charge on any atom is 0.141 e. The van der Waals surface area contributed by atoms with E-state index in [2.05, 4.69) is 0 Å². The van der Waals surface area contributed by atoms with Crippen molar-refractivity contribution in [2.45, 2.75) is 30.6 Å². The molecule has 0 saturated heterocycles. The number of hydrogen-bond donors (Lipinski definition) is 3. The highest BCUT2D eigenvalue weighted by Crippen LogP contribution is 2.32. The van der Waals surface area contributed by atoms with Crippen molar-refractivity contribution in [2.75, 3.05) is 0 Å². The van der Waals surface area contributed by atoms with Gasteiger partial charge < -0.3 is 5.11 Å². The molecular weight excluding hydrogens is 220 g/mol. The smallest absolute Gasteiger partial charge is 0.141 e. The lowest BCUT2D eigenvalue weighted by Gasteiger charge is -2.16. The Morgan fingerprint density at radius 2 is 2.14 bits per heavy atom. The van der Waals surface area contributed by atoms with Crippen molar-refractivity contribution in [1.82, 2.24) is 0 Å². The zero-order chi connectivity index (χ0) is 11.1. The van der Waals surface area contributed by atoms with E-state index >= 15 is 0 Å². The minimum atomic E-state index is -3.16. The van der Waals surface area contributed by atoms with E-state index in [0.717, 1.165) is 4.88 Å². The Bertz CT molecular complexity index is 440. The number of thiophene rings is 1. The van der Waals surface area contributed by atoms with Gasteiger partial charge >= 0.3 is 0 Å². The molecule has 1 aromatic heterocycles. The molecule has 0 radical (unpaired) electrons. The monoisotopic (exact) mass is 234 g/mol. The van der Waals surface area contributed by atoms with Crippen molar-refractivity contribution >= 4 is 21.3 Å². The summed E-state index contributed by atoms with van der Waals surface area (Å²) >= 11 is 1.20. The van der Waals surface area contributed by atoms with Crippen LogP contribution < -0.4 is 5.14 Å². The third-order valence-corrected chi connectivity index (χ3v) is 4.41. The summed E-state index contributed by atoms with van der Waals surface area (Å²) < 4.78 is 18.8. The maximum absolute atomic E-state index is 11.3. The number of rotatable bonds is 2. The number of aryl methyl sites for hydroxylation is 1. The minimum absolute atomic E-state index is 0.312. The molecule has 0 spiro atoms. The summed E-state index contributed by atoms with van der Waals surface area (Å²) in [6, 6.07) is 1.55. The van der Waals surface area contributed by atoms with E-state index in [0.29, 0.717) is 9.77 Å². The fourth-order valence-corrected chi connectivity index (χ4v) is 3.27. The summed E-state index contributed by atoms with van der Waals surface area (Å²) in [5.41, 5.74) is -0.299. The van der Waals surface area contributed by atoms with Gasteiger partial charge in [-0.05, 0) is 32.4 Å². The first-order valence-electron chi connectivity index (χ1n) is 4.02.